The van der Waals surface area contributed by atoms with Gasteiger partial charge in [0.25, 0.3) is 5.91 Å². The highest BCUT2D eigenvalue weighted by Gasteiger charge is 2.38. The standard InChI is InChI=1S/C24H26F3N5O3/c1-2-30-11-13-31(14-12-30)18-9-7-17(8-10-18)28-21(33)16-35-22(34)15-32-20-6-4-3-5-19(20)29-23(32)24(25,26)27/h3-10H,2,11-16H2,1H3,(H,28,33). The molecule has 3 aromatic rings. The average molecular weight is 489 g/mol. The van der Waals surface area contributed by atoms with Crippen molar-refractivity contribution in [2.24, 2.45) is 0 Å². The molecule has 2 aromatic carbocycles. The lowest BCUT2D eigenvalue weighted by Crippen LogP contribution is -2.46. The molecule has 1 fully saturated rings. The second kappa shape index (κ2) is 10.3. The third-order valence-corrected chi connectivity index (χ3v) is 5.90. The lowest BCUT2D eigenvalue weighted by Gasteiger charge is -2.35. The number of likely N-dealkylation sites (N-methyl/N-ethyl adjacent to an activating group) is 1. The van der Waals surface area contributed by atoms with Crippen molar-refractivity contribution < 1.29 is 27.5 Å². The van der Waals surface area contributed by atoms with Crippen LogP contribution in [0.3, 0.4) is 0 Å². The van der Waals surface area contributed by atoms with Gasteiger partial charge in [0.05, 0.1) is 11.0 Å². The minimum absolute atomic E-state index is 0.112. The van der Waals surface area contributed by atoms with Crippen molar-refractivity contribution in [1.82, 2.24) is 14.5 Å². The molecule has 1 aliphatic heterocycles. The number of nitrogens with one attached hydrogen (secondary N) is 1. The zero-order chi connectivity index (χ0) is 25.0. The summed E-state index contributed by atoms with van der Waals surface area (Å²) in [6, 6.07) is 13.3. The number of carbonyl (C=O) groups excluding carboxylic acids is 2. The summed E-state index contributed by atoms with van der Waals surface area (Å²) in [5.41, 5.74) is 1.85. The monoisotopic (exact) mass is 489 g/mol. The lowest BCUT2D eigenvalue weighted by atomic mass is 10.2. The Morgan fingerprint density at radius 2 is 1.71 bits per heavy atom. The Labute approximate surface area is 200 Å². The molecule has 1 saturated heterocycles. The Morgan fingerprint density at radius 1 is 1.03 bits per heavy atom. The van der Waals surface area contributed by atoms with Crippen LogP contribution in [-0.4, -0.2) is 65.7 Å². The summed E-state index contributed by atoms with van der Waals surface area (Å²) >= 11 is 0. The Hall–Kier alpha value is -3.60. The highest BCUT2D eigenvalue weighted by atomic mass is 19.4. The van der Waals surface area contributed by atoms with E-state index in [1.54, 1.807) is 24.3 Å². The molecule has 35 heavy (non-hydrogen) atoms. The van der Waals surface area contributed by atoms with Crippen molar-refractivity contribution in [2.45, 2.75) is 19.6 Å². The fourth-order valence-electron chi connectivity index (χ4n) is 4.05. The van der Waals surface area contributed by atoms with Crippen LogP contribution >= 0.6 is 0 Å². The predicted octanol–water partition coefficient (Wildman–Crippen LogP) is 3.38. The number of carbonyl (C=O) groups is 2. The minimum atomic E-state index is -4.74. The summed E-state index contributed by atoms with van der Waals surface area (Å²) in [4.78, 5) is 32.7. The molecular weight excluding hydrogens is 463 g/mol. The first-order valence-electron chi connectivity index (χ1n) is 11.3. The van der Waals surface area contributed by atoms with E-state index in [1.807, 2.05) is 12.1 Å². The molecule has 4 rings (SSSR count). The Bertz CT molecular complexity index is 1190. The molecule has 0 aliphatic carbocycles. The molecule has 2 heterocycles. The number of hydrogen-bond donors (Lipinski definition) is 1. The highest BCUT2D eigenvalue weighted by Crippen LogP contribution is 2.31. The number of nitrogens with zero attached hydrogens (tertiary/aromatic N) is 4. The van der Waals surface area contributed by atoms with E-state index < -0.39 is 37.0 Å². The number of piperazine rings is 1. The quantitative estimate of drug-likeness (QED) is 0.513. The second-order valence-corrected chi connectivity index (χ2v) is 8.19. The van der Waals surface area contributed by atoms with E-state index in [9.17, 15) is 22.8 Å². The van der Waals surface area contributed by atoms with Crippen LogP contribution in [0.5, 0.6) is 0 Å². The molecule has 8 nitrogen and oxygen atoms in total. The third-order valence-electron chi connectivity index (χ3n) is 5.90. The van der Waals surface area contributed by atoms with Gasteiger partial charge in [-0.2, -0.15) is 13.2 Å². The smallest absolute Gasteiger partial charge is 0.449 e. The third kappa shape index (κ3) is 5.91. The van der Waals surface area contributed by atoms with Gasteiger partial charge >= 0.3 is 12.1 Å². The number of anilines is 2. The van der Waals surface area contributed by atoms with Gasteiger partial charge in [0.1, 0.15) is 6.54 Å². The summed E-state index contributed by atoms with van der Waals surface area (Å²) in [7, 11) is 0. The molecule has 0 atom stereocenters. The van der Waals surface area contributed by atoms with Crippen LogP contribution in [0.25, 0.3) is 11.0 Å². The molecule has 1 amide bonds. The molecule has 1 aliphatic rings. The normalized spacial score (nSPS) is 14.8. The molecule has 0 bridgehead atoms. The number of rotatable bonds is 7. The van der Waals surface area contributed by atoms with Crippen LogP contribution in [0.4, 0.5) is 24.5 Å². The first-order chi connectivity index (χ1) is 16.7. The zero-order valence-corrected chi connectivity index (χ0v) is 19.2. The van der Waals surface area contributed by atoms with Gasteiger partial charge in [-0.1, -0.05) is 19.1 Å². The second-order valence-electron chi connectivity index (χ2n) is 8.19. The van der Waals surface area contributed by atoms with Gasteiger partial charge in [0, 0.05) is 37.6 Å². The van der Waals surface area contributed by atoms with Gasteiger partial charge in [0.15, 0.2) is 6.61 Å². The number of esters is 1. The number of alkyl halides is 3. The fourth-order valence-corrected chi connectivity index (χ4v) is 4.05. The molecular formula is C24H26F3N5O3. The van der Waals surface area contributed by atoms with Crippen LogP contribution in [-0.2, 0) is 27.0 Å². The van der Waals surface area contributed by atoms with Crippen molar-refractivity contribution in [3.8, 4) is 0 Å². The number of fused-ring (bicyclic) bond motifs is 1. The molecule has 0 saturated carbocycles. The number of ether oxygens (including phenoxy) is 1. The van der Waals surface area contributed by atoms with Gasteiger partial charge < -0.3 is 24.4 Å². The van der Waals surface area contributed by atoms with Crippen molar-refractivity contribution >= 4 is 34.3 Å². The van der Waals surface area contributed by atoms with Crippen LogP contribution < -0.4 is 10.2 Å². The van der Waals surface area contributed by atoms with Gasteiger partial charge in [-0.15, -0.1) is 0 Å². The Balaban J connectivity index is 1.31. The van der Waals surface area contributed by atoms with E-state index in [0.717, 1.165) is 43.0 Å². The number of aromatic nitrogens is 2. The van der Waals surface area contributed by atoms with Gasteiger partial charge in [-0.3, -0.25) is 9.59 Å². The summed E-state index contributed by atoms with van der Waals surface area (Å²) < 4.78 is 45.8. The molecule has 186 valence electrons. The SMILES string of the molecule is CCN1CCN(c2ccc(NC(=O)COC(=O)Cn3c(C(F)(F)F)nc4ccccc43)cc2)CC1. The van der Waals surface area contributed by atoms with Gasteiger partial charge in [0.2, 0.25) is 5.82 Å². The molecule has 1 aromatic heterocycles. The van der Waals surface area contributed by atoms with E-state index in [-0.39, 0.29) is 11.0 Å². The maximum absolute atomic E-state index is 13.4. The molecule has 0 spiro atoms. The van der Waals surface area contributed by atoms with Crippen molar-refractivity contribution in [1.29, 1.82) is 0 Å². The van der Waals surface area contributed by atoms with Crippen LogP contribution in [0.15, 0.2) is 48.5 Å². The number of amides is 1. The number of para-hydroxylation sites is 2. The molecule has 0 unspecified atom stereocenters. The van der Waals surface area contributed by atoms with E-state index in [0.29, 0.717) is 5.69 Å². The molecule has 0 radical (unpaired) electrons. The predicted molar refractivity (Wildman–Crippen MR) is 125 cm³/mol. The van der Waals surface area contributed by atoms with Crippen molar-refractivity contribution in [3.63, 3.8) is 0 Å². The first kappa shape index (κ1) is 24.5. The molecule has 1 N–H and O–H groups in total. The Kier molecular flexibility index (Phi) is 7.25. The maximum Gasteiger partial charge on any atom is 0.449 e. The zero-order valence-electron chi connectivity index (χ0n) is 19.2. The van der Waals surface area contributed by atoms with Crippen LogP contribution in [0, 0.1) is 0 Å². The van der Waals surface area contributed by atoms with Gasteiger partial charge in [-0.25, -0.2) is 4.98 Å². The minimum Gasteiger partial charge on any atom is -0.454 e. The average Bonchev–Trinajstić information content (AvgIpc) is 3.22. The van der Waals surface area contributed by atoms with Crippen molar-refractivity contribution in [2.75, 3.05) is 49.5 Å². The van der Waals surface area contributed by atoms with Crippen LogP contribution in [0.1, 0.15) is 12.7 Å². The number of imidazole rings is 1. The van der Waals surface area contributed by atoms with E-state index in [2.05, 4.69) is 27.0 Å². The highest BCUT2D eigenvalue weighted by molar-refractivity contribution is 5.93. The van der Waals surface area contributed by atoms with Gasteiger partial charge in [-0.05, 0) is 42.9 Å². The lowest BCUT2D eigenvalue weighted by molar-refractivity contribution is -0.152. The maximum atomic E-state index is 13.4. The van der Waals surface area contributed by atoms with Crippen LogP contribution in [0.2, 0.25) is 0 Å². The topological polar surface area (TPSA) is 79.7 Å². The fraction of sp³-hybridized carbons (Fsp3) is 0.375. The van der Waals surface area contributed by atoms with Crippen molar-refractivity contribution in [3.05, 3.63) is 54.4 Å². The number of halogens is 3. The summed E-state index contributed by atoms with van der Waals surface area (Å²) in [5.74, 6) is -2.76. The van der Waals surface area contributed by atoms with E-state index >= 15 is 0 Å². The van der Waals surface area contributed by atoms with E-state index in [1.165, 1.54) is 12.1 Å². The number of benzene rings is 2. The summed E-state index contributed by atoms with van der Waals surface area (Å²) in [6.45, 7) is 5.70. The summed E-state index contributed by atoms with van der Waals surface area (Å²) in [6.07, 6.45) is -4.74. The summed E-state index contributed by atoms with van der Waals surface area (Å²) in [5, 5.41) is 2.63. The number of hydrogen-bond acceptors (Lipinski definition) is 6. The largest absolute Gasteiger partial charge is 0.454 e. The Morgan fingerprint density at radius 3 is 2.37 bits per heavy atom. The molecule has 11 heteroatoms. The first-order valence-corrected chi connectivity index (χ1v) is 11.3. The van der Waals surface area contributed by atoms with E-state index in [4.69, 9.17) is 4.74 Å².